The summed E-state index contributed by atoms with van der Waals surface area (Å²) in [7, 11) is 4.68. The van der Waals surface area contributed by atoms with Crippen molar-refractivity contribution in [2.75, 3.05) is 26.6 Å². The van der Waals surface area contributed by atoms with Gasteiger partial charge >= 0.3 is 0 Å². The third-order valence-corrected chi connectivity index (χ3v) is 3.64. The first-order chi connectivity index (χ1) is 12.6. The van der Waals surface area contributed by atoms with Crippen LogP contribution in [0.1, 0.15) is 5.56 Å². The van der Waals surface area contributed by atoms with Crippen molar-refractivity contribution in [3.63, 3.8) is 0 Å². The fraction of sp³-hybridized carbons (Fsp3) is 0.158. The van der Waals surface area contributed by atoms with Crippen LogP contribution in [0.25, 0.3) is 6.08 Å². The Balaban J connectivity index is 1.97. The zero-order valence-corrected chi connectivity index (χ0v) is 15.6. The quantitative estimate of drug-likeness (QED) is 0.599. The molecule has 0 fully saturated rings. The van der Waals surface area contributed by atoms with E-state index in [1.807, 2.05) is 24.3 Å². The van der Waals surface area contributed by atoms with E-state index in [4.69, 9.17) is 26.4 Å². The molecule has 6 nitrogen and oxygen atoms in total. The molecule has 0 heterocycles. The standard InChI is InChI=1S/C19H20N2O4S/c1-23-15-7-5-4-6-13(15)8-11-18(22)21-19(26)20-14-9-10-16(24-2)17(12-14)25-3/h4-12H,1-3H3,(H2,20,21,22,26)/b11-8+. The molecule has 2 N–H and O–H groups in total. The molecule has 0 aliphatic carbocycles. The number of hydrogen-bond donors (Lipinski definition) is 2. The summed E-state index contributed by atoms with van der Waals surface area (Å²) >= 11 is 5.16. The summed E-state index contributed by atoms with van der Waals surface area (Å²) in [6, 6.07) is 12.6. The second kappa shape index (κ2) is 9.43. The molecule has 26 heavy (non-hydrogen) atoms. The summed E-state index contributed by atoms with van der Waals surface area (Å²) in [5.41, 5.74) is 1.46. The van der Waals surface area contributed by atoms with Gasteiger partial charge in [-0.2, -0.15) is 0 Å². The number of carbonyl (C=O) groups is 1. The highest BCUT2D eigenvalue weighted by Crippen LogP contribution is 2.29. The Labute approximate surface area is 157 Å². The number of benzene rings is 2. The van der Waals surface area contributed by atoms with Crippen LogP contribution in [0.3, 0.4) is 0 Å². The van der Waals surface area contributed by atoms with Crippen molar-refractivity contribution < 1.29 is 19.0 Å². The van der Waals surface area contributed by atoms with Gasteiger partial charge in [0.1, 0.15) is 5.75 Å². The molecule has 0 spiro atoms. The number of hydrogen-bond acceptors (Lipinski definition) is 5. The lowest BCUT2D eigenvalue weighted by molar-refractivity contribution is -0.115. The molecule has 2 aromatic carbocycles. The van der Waals surface area contributed by atoms with Crippen molar-refractivity contribution in [1.82, 2.24) is 5.32 Å². The summed E-state index contributed by atoms with van der Waals surface area (Å²) in [6.07, 6.45) is 3.05. The van der Waals surface area contributed by atoms with Crippen LogP contribution < -0.4 is 24.8 Å². The van der Waals surface area contributed by atoms with Gasteiger partial charge in [0.15, 0.2) is 16.6 Å². The summed E-state index contributed by atoms with van der Waals surface area (Å²) < 4.78 is 15.6. The number of rotatable bonds is 6. The molecule has 0 radical (unpaired) electrons. The molecular formula is C19H20N2O4S. The maximum Gasteiger partial charge on any atom is 0.250 e. The number of para-hydroxylation sites is 1. The minimum atomic E-state index is -0.353. The summed E-state index contributed by atoms with van der Waals surface area (Å²) in [6.45, 7) is 0. The number of carbonyl (C=O) groups excluding carboxylic acids is 1. The van der Waals surface area contributed by atoms with Gasteiger partial charge in [0.2, 0.25) is 5.91 Å². The van der Waals surface area contributed by atoms with Gasteiger partial charge in [-0.25, -0.2) is 0 Å². The zero-order valence-electron chi connectivity index (χ0n) is 14.7. The van der Waals surface area contributed by atoms with Crippen molar-refractivity contribution in [1.29, 1.82) is 0 Å². The van der Waals surface area contributed by atoms with Crippen molar-refractivity contribution in [3.05, 3.63) is 54.1 Å². The van der Waals surface area contributed by atoms with Gasteiger partial charge in [0.05, 0.1) is 21.3 Å². The van der Waals surface area contributed by atoms with Crippen molar-refractivity contribution >= 4 is 35.0 Å². The largest absolute Gasteiger partial charge is 0.496 e. The predicted octanol–water partition coefficient (Wildman–Crippen LogP) is 3.24. The van der Waals surface area contributed by atoms with Crippen molar-refractivity contribution in [2.45, 2.75) is 0 Å². The summed E-state index contributed by atoms with van der Waals surface area (Å²) in [4.78, 5) is 12.0. The van der Waals surface area contributed by atoms with Crippen LogP contribution in [0.15, 0.2) is 48.5 Å². The lowest BCUT2D eigenvalue weighted by atomic mass is 10.2. The van der Waals surface area contributed by atoms with Gasteiger partial charge in [-0.05, 0) is 36.5 Å². The fourth-order valence-corrected chi connectivity index (χ4v) is 2.42. The summed E-state index contributed by atoms with van der Waals surface area (Å²) in [5.74, 6) is 1.49. The smallest absolute Gasteiger partial charge is 0.250 e. The number of amides is 1. The normalized spacial score (nSPS) is 10.3. The first-order valence-corrected chi connectivity index (χ1v) is 8.13. The van der Waals surface area contributed by atoms with E-state index in [1.165, 1.54) is 6.08 Å². The number of thiocarbonyl (C=S) groups is 1. The highest BCUT2D eigenvalue weighted by molar-refractivity contribution is 7.80. The van der Waals surface area contributed by atoms with E-state index in [2.05, 4.69) is 10.6 Å². The van der Waals surface area contributed by atoms with E-state index in [0.717, 1.165) is 5.56 Å². The van der Waals surface area contributed by atoms with Crippen LogP contribution in [-0.2, 0) is 4.79 Å². The SMILES string of the molecule is COc1ccccc1/C=C/C(=O)NC(=S)Nc1ccc(OC)c(OC)c1. The topological polar surface area (TPSA) is 68.8 Å². The molecule has 0 saturated heterocycles. The predicted molar refractivity (Wildman–Crippen MR) is 106 cm³/mol. The van der Waals surface area contributed by atoms with E-state index in [-0.39, 0.29) is 11.0 Å². The van der Waals surface area contributed by atoms with Gasteiger partial charge in [-0.3, -0.25) is 10.1 Å². The number of methoxy groups -OCH3 is 3. The Bertz CT molecular complexity index is 821. The van der Waals surface area contributed by atoms with Gasteiger partial charge in [0.25, 0.3) is 0 Å². The Kier molecular flexibility index (Phi) is 6.99. The minimum Gasteiger partial charge on any atom is -0.496 e. The zero-order chi connectivity index (χ0) is 18.9. The Hall–Kier alpha value is -3.06. The molecule has 0 atom stereocenters. The third-order valence-electron chi connectivity index (χ3n) is 3.43. The maximum absolute atomic E-state index is 12.0. The average Bonchev–Trinajstić information content (AvgIpc) is 2.66. The molecule has 0 aromatic heterocycles. The molecule has 0 aliphatic heterocycles. The van der Waals surface area contributed by atoms with Crippen molar-refractivity contribution in [3.8, 4) is 17.2 Å². The molecular weight excluding hydrogens is 352 g/mol. The van der Waals surface area contributed by atoms with Crippen LogP contribution in [0.5, 0.6) is 17.2 Å². The van der Waals surface area contributed by atoms with Crippen LogP contribution >= 0.6 is 12.2 Å². The number of nitrogens with one attached hydrogen (secondary N) is 2. The Morgan fingerprint density at radius 2 is 1.65 bits per heavy atom. The van der Waals surface area contributed by atoms with Gasteiger partial charge < -0.3 is 19.5 Å². The van der Waals surface area contributed by atoms with Crippen molar-refractivity contribution in [2.24, 2.45) is 0 Å². The first-order valence-electron chi connectivity index (χ1n) is 7.72. The Morgan fingerprint density at radius 1 is 0.962 bits per heavy atom. The molecule has 0 aliphatic rings. The lowest BCUT2D eigenvalue weighted by Crippen LogP contribution is -2.32. The van der Waals surface area contributed by atoms with E-state index < -0.39 is 0 Å². The van der Waals surface area contributed by atoms with Crippen LogP contribution in [0.2, 0.25) is 0 Å². The molecule has 0 bridgehead atoms. The van der Waals surface area contributed by atoms with Crippen LogP contribution in [0.4, 0.5) is 5.69 Å². The summed E-state index contributed by atoms with van der Waals surface area (Å²) in [5, 5.41) is 5.68. The maximum atomic E-state index is 12.0. The number of anilines is 1. The molecule has 136 valence electrons. The molecule has 7 heteroatoms. The van der Waals surface area contributed by atoms with Crippen LogP contribution in [0, 0.1) is 0 Å². The average molecular weight is 372 g/mol. The lowest BCUT2D eigenvalue weighted by Gasteiger charge is -2.12. The van der Waals surface area contributed by atoms with Gasteiger partial charge in [0, 0.05) is 23.4 Å². The highest BCUT2D eigenvalue weighted by Gasteiger charge is 2.07. The van der Waals surface area contributed by atoms with E-state index in [0.29, 0.717) is 22.9 Å². The minimum absolute atomic E-state index is 0.173. The van der Waals surface area contributed by atoms with E-state index >= 15 is 0 Å². The fourth-order valence-electron chi connectivity index (χ4n) is 2.20. The number of ether oxygens (including phenoxy) is 3. The van der Waals surface area contributed by atoms with Gasteiger partial charge in [-0.1, -0.05) is 18.2 Å². The highest BCUT2D eigenvalue weighted by atomic mass is 32.1. The molecule has 0 saturated carbocycles. The second-order valence-corrected chi connectivity index (χ2v) is 5.50. The van der Waals surface area contributed by atoms with E-state index in [9.17, 15) is 4.79 Å². The molecule has 2 aromatic rings. The third kappa shape index (κ3) is 5.22. The monoisotopic (exact) mass is 372 g/mol. The Morgan fingerprint density at radius 3 is 2.35 bits per heavy atom. The van der Waals surface area contributed by atoms with Gasteiger partial charge in [-0.15, -0.1) is 0 Å². The van der Waals surface area contributed by atoms with Crippen LogP contribution in [-0.4, -0.2) is 32.3 Å². The molecule has 1 amide bonds. The molecule has 0 unspecified atom stereocenters. The first kappa shape index (κ1) is 19.3. The molecule has 2 rings (SSSR count). The van der Waals surface area contributed by atoms with E-state index in [1.54, 1.807) is 45.6 Å². The second-order valence-electron chi connectivity index (χ2n) is 5.09.